The number of aryl methyl sites for hydroxylation is 1. The quantitative estimate of drug-likeness (QED) is 0.697. The molecule has 0 N–H and O–H groups in total. The Hall–Kier alpha value is -1.61. The number of Topliss-reactive ketones (excluding diaryl/α,β-unsaturated/α-hetero) is 1. The van der Waals surface area contributed by atoms with Gasteiger partial charge in [-0.25, -0.2) is 0 Å². The Morgan fingerprint density at radius 3 is 2.43 bits per heavy atom. The minimum atomic E-state index is 0.175. The van der Waals surface area contributed by atoms with Crippen LogP contribution in [0.1, 0.15) is 29.3 Å². The van der Waals surface area contributed by atoms with Gasteiger partial charge < -0.3 is 4.90 Å². The predicted octanol–water partition coefficient (Wildman–Crippen LogP) is 4.86. The molecule has 0 unspecified atom stereocenters. The number of hydrogen-bond acceptors (Lipinski definition) is 2. The second-order valence-corrected chi connectivity index (χ2v) is 5.87. The van der Waals surface area contributed by atoms with Gasteiger partial charge in [0, 0.05) is 35.2 Å². The molecular formula is C18H20BrNO. The van der Waals surface area contributed by atoms with E-state index in [1.807, 2.05) is 36.4 Å². The third-order valence-electron chi connectivity index (χ3n) is 3.62. The topological polar surface area (TPSA) is 20.3 Å². The van der Waals surface area contributed by atoms with E-state index in [0.29, 0.717) is 6.42 Å². The van der Waals surface area contributed by atoms with Gasteiger partial charge in [0.15, 0.2) is 5.78 Å². The van der Waals surface area contributed by atoms with Gasteiger partial charge in [0.1, 0.15) is 0 Å². The van der Waals surface area contributed by atoms with Crippen LogP contribution in [-0.4, -0.2) is 18.9 Å². The zero-order valence-electron chi connectivity index (χ0n) is 12.5. The van der Waals surface area contributed by atoms with E-state index in [1.165, 1.54) is 11.3 Å². The van der Waals surface area contributed by atoms with Crippen molar-refractivity contribution in [3.63, 3.8) is 0 Å². The number of benzene rings is 2. The van der Waals surface area contributed by atoms with E-state index < -0.39 is 0 Å². The first kappa shape index (κ1) is 15.8. The average Bonchev–Trinajstić information content (AvgIpc) is 2.49. The third kappa shape index (κ3) is 3.94. The van der Waals surface area contributed by atoms with Crippen molar-refractivity contribution in [1.82, 2.24) is 0 Å². The van der Waals surface area contributed by atoms with E-state index in [1.54, 1.807) is 0 Å². The molecule has 2 nitrogen and oxygen atoms in total. The summed E-state index contributed by atoms with van der Waals surface area (Å²) in [6.07, 6.45) is 0.519. The molecule has 0 bridgehead atoms. The van der Waals surface area contributed by atoms with Crippen molar-refractivity contribution < 1.29 is 4.79 Å². The van der Waals surface area contributed by atoms with Crippen molar-refractivity contribution in [2.75, 3.05) is 18.0 Å². The van der Waals surface area contributed by atoms with Crippen molar-refractivity contribution >= 4 is 27.4 Å². The molecule has 0 amide bonds. The minimum Gasteiger partial charge on any atom is -0.371 e. The largest absolute Gasteiger partial charge is 0.371 e. The molecule has 0 aliphatic heterocycles. The highest BCUT2D eigenvalue weighted by molar-refractivity contribution is 9.10. The SMILES string of the molecule is CCN(CCC(=O)c1ccccc1Br)c1ccccc1C. The smallest absolute Gasteiger partial charge is 0.165 e. The van der Waals surface area contributed by atoms with E-state index in [2.05, 4.69) is 46.8 Å². The Kier molecular flexibility index (Phi) is 5.57. The van der Waals surface area contributed by atoms with Gasteiger partial charge in [0.2, 0.25) is 0 Å². The summed E-state index contributed by atoms with van der Waals surface area (Å²) in [5.41, 5.74) is 3.21. The highest BCUT2D eigenvalue weighted by Gasteiger charge is 2.12. The second-order valence-electron chi connectivity index (χ2n) is 5.02. The van der Waals surface area contributed by atoms with Gasteiger partial charge in [-0.05, 0) is 31.5 Å². The number of hydrogen-bond donors (Lipinski definition) is 0. The van der Waals surface area contributed by atoms with Gasteiger partial charge >= 0.3 is 0 Å². The van der Waals surface area contributed by atoms with Crippen LogP contribution in [0.25, 0.3) is 0 Å². The van der Waals surface area contributed by atoms with Gasteiger partial charge in [-0.2, -0.15) is 0 Å². The first-order valence-corrected chi connectivity index (χ1v) is 8.01. The van der Waals surface area contributed by atoms with Crippen LogP contribution in [0.3, 0.4) is 0 Å². The maximum absolute atomic E-state index is 12.3. The fraction of sp³-hybridized carbons (Fsp3) is 0.278. The molecule has 0 spiro atoms. The van der Waals surface area contributed by atoms with Crippen LogP contribution in [0.5, 0.6) is 0 Å². The summed E-state index contributed by atoms with van der Waals surface area (Å²) < 4.78 is 0.869. The fourth-order valence-electron chi connectivity index (χ4n) is 2.43. The molecule has 0 saturated carbocycles. The van der Waals surface area contributed by atoms with E-state index in [0.717, 1.165) is 23.1 Å². The number of halogens is 1. The van der Waals surface area contributed by atoms with Gasteiger partial charge in [-0.1, -0.05) is 52.3 Å². The van der Waals surface area contributed by atoms with Crippen molar-refractivity contribution in [2.45, 2.75) is 20.3 Å². The summed E-state index contributed by atoms with van der Waals surface area (Å²) in [7, 11) is 0. The zero-order chi connectivity index (χ0) is 15.2. The first-order chi connectivity index (χ1) is 10.1. The molecule has 0 heterocycles. The molecule has 21 heavy (non-hydrogen) atoms. The number of carbonyl (C=O) groups is 1. The Morgan fingerprint density at radius 2 is 1.76 bits per heavy atom. The van der Waals surface area contributed by atoms with Crippen LogP contribution in [-0.2, 0) is 0 Å². The van der Waals surface area contributed by atoms with Crippen LogP contribution in [0.4, 0.5) is 5.69 Å². The number of rotatable bonds is 6. The molecule has 0 aliphatic carbocycles. The summed E-state index contributed by atoms with van der Waals surface area (Å²) >= 11 is 3.44. The summed E-state index contributed by atoms with van der Waals surface area (Å²) in [6, 6.07) is 15.9. The highest BCUT2D eigenvalue weighted by Crippen LogP contribution is 2.21. The van der Waals surface area contributed by atoms with Crippen LogP contribution in [0.2, 0.25) is 0 Å². The lowest BCUT2D eigenvalue weighted by molar-refractivity contribution is 0.0984. The summed E-state index contributed by atoms with van der Waals surface area (Å²) in [4.78, 5) is 14.6. The number of anilines is 1. The lowest BCUT2D eigenvalue weighted by atomic mass is 10.1. The second kappa shape index (κ2) is 7.41. The Morgan fingerprint density at radius 1 is 1.10 bits per heavy atom. The minimum absolute atomic E-state index is 0.175. The maximum Gasteiger partial charge on any atom is 0.165 e. The molecule has 0 aliphatic rings. The van der Waals surface area contributed by atoms with Gasteiger partial charge in [-0.15, -0.1) is 0 Å². The lowest BCUT2D eigenvalue weighted by Crippen LogP contribution is -2.26. The monoisotopic (exact) mass is 345 g/mol. The average molecular weight is 346 g/mol. The van der Waals surface area contributed by atoms with Crippen molar-refractivity contribution in [3.8, 4) is 0 Å². The van der Waals surface area contributed by atoms with Gasteiger partial charge in [0.05, 0.1) is 0 Å². The number of carbonyl (C=O) groups excluding carboxylic acids is 1. The summed E-state index contributed by atoms with van der Waals surface area (Å²) in [5.74, 6) is 0.175. The maximum atomic E-state index is 12.3. The van der Waals surface area contributed by atoms with Crippen LogP contribution >= 0.6 is 15.9 Å². The fourth-order valence-corrected chi connectivity index (χ4v) is 2.93. The predicted molar refractivity (Wildman–Crippen MR) is 92.2 cm³/mol. The van der Waals surface area contributed by atoms with Crippen molar-refractivity contribution in [1.29, 1.82) is 0 Å². The summed E-state index contributed by atoms with van der Waals surface area (Å²) in [5, 5.41) is 0. The number of nitrogens with zero attached hydrogens (tertiary/aromatic N) is 1. The van der Waals surface area contributed by atoms with Crippen LogP contribution < -0.4 is 4.90 Å². The van der Waals surface area contributed by atoms with Crippen molar-refractivity contribution in [2.24, 2.45) is 0 Å². The van der Waals surface area contributed by atoms with E-state index in [9.17, 15) is 4.79 Å². The first-order valence-electron chi connectivity index (χ1n) is 7.21. The van der Waals surface area contributed by atoms with Crippen LogP contribution in [0, 0.1) is 6.92 Å². The van der Waals surface area contributed by atoms with Crippen molar-refractivity contribution in [3.05, 3.63) is 64.1 Å². The highest BCUT2D eigenvalue weighted by atomic mass is 79.9. The zero-order valence-corrected chi connectivity index (χ0v) is 14.1. The molecule has 0 atom stereocenters. The van der Waals surface area contributed by atoms with E-state index in [4.69, 9.17) is 0 Å². The Labute approximate surface area is 134 Å². The lowest BCUT2D eigenvalue weighted by Gasteiger charge is -2.24. The molecular weight excluding hydrogens is 326 g/mol. The Bertz CT molecular complexity index is 624. The van der Waals surface area contributed by atoms with Gasteiger partial charge in [-0.3, -0.25) is 4.79 Å². The number of para-hydroxylation sites is 1. The van der Waals surface area contributed by atoms with E-state index >= 15 is 0 Å². The van der Waals surface area contributed by atoms with Crippen LogP contribution in [0.15, 0.2) is 53.0 Å². The molecule has 0 aromatic heterocycles. The van der Waals surface area contributed by atoms with Gasteiger partial charge in [0.25, 0.3) is 0 Å². The third-order valence-corrected chi connectivity index (χ3v) is 4.31. The molecule has 2 aromatic rings. The van der Waals surface area contributed by atoms with E-state index in [-0.39, 0.29) is 5.78 Å². The molecule has 0 fully saturated rings. The summed E-state index contributed by atoms with van der Waals surface area (Å²) in [6.45, 7) is 5.86. The standard InChI is InChI=1S/C18H20BrNO/c1-3-20(17-11-7-4-8-14(17)2)13-12-18(21)15-9-5-6-10-16(15)19/h4-11H,3,12-13H2,1-2H3. The molecule has 110 valence electrons. The molecule has 2 aromatic carbocycles. The molecule has 3 heteroatoms. The molecule has 0 radical (unpaired) electrons. The Balaban J connectivity index is 2.06. The number of ketones is 1. The molecule has 0 saturated heterocycles. The molecule has 2 rings (SSSR count). The normalized spacial score (nSPS) is 10.4.